The summed E-state index contributed by atoms with van der Waals surface area (Å²) in [7, 11) is 0. The zero-order valence-corrected chi connectivity index (χ0v) is 17.2. The lowest BCUT2D eigenvalue weighted by molar-refractivity contribution is -0.118. The molecule has 0 spiro atoms. The third-order valence-corrected chi connectivity index (χ3v) is 4.26. The number of para-hydroxylation sites is 1. The molecule has 0 saturated heterocycles. The summed E-state index contributed by atoms with van der Waals surface area (Å²) in [6, 6.07) is 13.0. The largest absolute Gasteiger partial charge is 0.488 e. The number of nitrogens with one attached hydrogen (secondary N) is 2. The lowest BCUT2D eigenvalue weighted by Crippen LogP contribution is -2.47. The van der Waals surface area contributed by atoms with E-state index in [1.807, 2.05) is 20.8 Å². The number of ether oxygens (including phenoxy) is 1. The van der Waals surface area contributed by atoms with Gasteiger partial charge in [0.05, 0.1) is 6.04 Å². The summed E-state index contributed by atoms with van der Waals surface area (Å²) < 4.78 is 19.3. The van der Waals surface area contributed by atoms with Crippen molar-refractivity contribution in [3.05, 3.63) is 66.0 Å². The molecule has 2 aromatic rings. The molecule has 0 heterocycles. The summed E-state index contributed by atoms with van der Waals surface area (Å²) in [5.74, 6) is -0.689. The van der Waals surface area contributed by atoms with Gasteiger partial charge in [0.25, 0.3) is 0 Å². The van der Waals surface area contributed by atoms with E-state index < -0.39 is 5.82 Å². The Morgan fingerprint density at radius 3 is 2.34 bits per heavy atom. The van der Waals surface area contributed by atoms with Gasteiger partial charge in [-0.15, -0.1) is 0 Å². The van der Waals surface area contributed by atoms with Crippen LogP contribution >= 0.6 is 0 Å². The van der Waals surface area contributed by atoms with E-state index in [0.717, 1.165) is 5.56 Å². The molecule has 154 valence electrons. The zero-order chi connectivity index (χ0) is 21.4. The van der Waals surface area contributed by atoms with Gasteiger partial charge in [0.1, 0.15) is 6.61 Å². The van der Waals surface area contributed by atoms with Gasteiger partial charge in [-0.1, -0.05) is 45.0 Å². The van der Waals surface area contributed by atoms with E-state index in [4.69, 9.17) is 4.74 Å². The molecule has 0 fully saturated rings. The Hall–Kier alpha value is -3.15. The van der Waals surface area contributed by atoms with Crippen LogP contribution < -0.4 is 15.4 Å². The maximum atomic E-state index is 13.8. The molecule has 0 saturated carbocycles. The number of carbonyl (C=O) groups is 2. The molecule has 0 aliphatic heterocycles. The molecule has 5 nitrogen and oxygen atoms in total. The van der Waals surface area contributed by atoms with Crippen LogP contribution in [0, 0.1) is 11.2 Å². The normalized spacial score (nSPS) is 12.4. The molecular formula is C23H27FN2O3. The van der Waals surface area contributed by atoms with Gasteiger partial charge in [-0.05, 0) is 41.3 Å². The number of benzene rings is 2. The monoisotopic (exact) mass is 398 g/mol. The summed E-state index contributed by atoms with van der Waals surface area (Å²) in [5, 5.41) is 5.61. The number of hydrogen-bond donors (Lipinski definition) is 2. The second kappa shape index (κ2) is 9.87. The Morgan fingerprint density at radius 1 is 1.10 bits per heavy atom. The Morgan fingerprint density at radius 2 is 1.76 bits per heavy atom. The Labute approximate surface area is 171 Å². The highest BCUT2D eigenvalue weighted by atomic mass is 19.1. The van der Waals surface area contributed by atoms with E-state index in [1.54, 1.807) is 48.5 Å². The molecule has 0 aliphatic carbocycles. The second-order valence-electron chi connectivity index (χ2n) is 7.81. The van der Waals surface area contributed by atoms with Gasteiger partial charge in [0.2, 0.25) is 11.8 Å². The average Bonchev–Trinajstić information content (AvgIpc) is 2.64. The van der Waals surface area contributed by atoms with Crippen molar-refractivity contribution in [3.63, 3.8) is 0 Å². The van der Waals surface area contributed by atoms with Crippen LogP contribution in [0.15, 0.2) is 54.6 Å². The summed E-state index contributed by atoms with van der Waals surface area (Å²) in [5.41, 5.74) is 1.23. The summed E-state index contributed by atoms with van der Waals surface area (Å²) in [6.45, 7) is 7.53. The highest BCUT2D eigenvalue weighted by molar-refractivity contribution is 5.92. The number of anilines is 1. The summed E-state index contributed by atoms with van der Waals surface area (Å²) in [6.07, 6.45) is 3.12. The first-order valence-electron chi connectivity index (χ1n) is 9.39. The smallest absolute Gasteiger partial charge is 0.244 e. The number of rotatable bonds is 7. The minimum atomic E-state index is -0.436. The van der Waals surface area contributed by atoms with Crippen molar-refractivity contribution in [3.8, 4) is 5.75 Å². The molecule has 0 aliphatic rings. The molecule has 0 bridgehead atoms. The summed E-state index contributed by atoms with van der Waals surface area (Å²) in [4.78, 5) is 23.4. The molecule has 0 aromatic heterocycles. The predicted molar refractivity (Wildman–Crippen MR) is 113 cm³/mol. The summed E-state index contributed by atoms with van der Waals surface area (Å²) >= 11 is 0. The number of amides is 2. The number of halogens is 1. The van der Waals surface area contributed by atoms with Crippen molar-refractivity contribution >= 4 is 23.6 Å². The molecule has 6 heteroatoms. The van der Waals surface area contributed by atoms with Gasteiger partial charge in [-0.3, -0.25) is 9.59 Å². The molecular weight excluding hydrogens is 371 g/mol. The number of hydrogen-bond acceptors (Lipinski definition) is 3. The first-order valence-corrected chi connectivity index (χ1v) is 9.39. The second-order valence-corrected chi connectivity index (χ2v) is 7.81. The van der Waals surface area contributed by atoms with Crippen molar-refractivity contribution in [2.24, 2.45) is 5.41 Å². The molecule has 2 rings (SSSR count). The third-order valence-electron chi connectivity index (χ3n) is 4.26. The van der Waals surface area contributed by atoms with Crippen LogP contribution in [-0.2, 0) is 9.59 Å². The molecule has 29 heavy (non-hydrogen) atoms. The Bertz CT molecular complexity index is 870. The van der Waals surface area contributed by atoms with Gasteiger partial charge in [-0.2, -0.15) is 0 Å². The van der Waals surface area contributed by atoms with Gasteiger partial charge in [0.15, 0.2) is 11.6 Å². The number of carbonyl (C=O) groups excluding carboxylic acids is 2. The zero-order valence-electron chi connectivity index (χ0n) is 17.2. The van der Waals surface area contributed by atoms with Crippen LogP contribution in [0.4, 0.5) is 10.1 Å². The topological polar surface area (TPSA) is 67.4 Å². The van der Waals surface area contributed by atoms with Crippen LogP contribution in [0.25, 0.3) is 6.08 Å². The maximum absolute atomic E-state index is 13.8. The van der Waals surface area contributed by atoms with Crippen molar-refractivity contribution < 1.29 is 18.7 Å². The highest BCUT2D eigenvalue weighted by Crippen LogP contribution is 2.22. The fraction of sp³-hybridized carbons (Fsp3) is 0.304. The van der Waals surface area contributed by atoms with Gasteiger partial charge in [-0.25, -0.2) is 4.39 Å². The molecule has 2 N–H and O–H groups in total. The van der Waals surface area contributed by atoms with E-state index in [1.165, 1.54) is 19.1 Å². The minimum absolute atomic E-state index is 0.140. The standard InChI is InChI=1S/C23H27FN2O3/c1-16(27)25-18-12-9-17(10-13-18)11-14-22(28)26-21(23(2,3)4)15-29-20-8-6-5-7-19(20)24/h5-14,21H,15H2,1-4H3,(H,25,27)(H,26,28)/b14-11+. The fourth-order valence-corrected chi connectivity index (χ4v) is 2.52. The average molecular weight is 398 g/mol. The molecule has 2 amide bonds. The minimum Gasteiger partial charge on any atom is -0.488 e. The lowest BCUT2D eigenvalue weighted by Gasteiger charge is -2.31. The van der Waals surface area contributed by atoms with E-state index in [9.17, 15) is 14.0 Å². The van der Waals surface area contributed by atoms with Crippen molar-refractivity contribution in [1.29, 1.82) is 0 Å². The molecule has 0 radical (unpaired) electrons. The SMILES string of the molecule is CC(=O)Nc1ccc(/C=C/C(=O)NC(COc2ccccc2F)C(C)(C)C)cc1. The molecule has 1 atom stereocenters. The van der Waals surface area contributed by atoms with E-state index in [2.05, 4.69) is 10.6 Å². The van der Waals surface area contributed by atoms with E-state index in [0.29, 0.717) is 5.69 Å². The highest BCUT2D eigenvalue weighted by Gasteiger charge is 2.26. The van der Waals surface area contributed by atoms with Gasteiger partial charge in [0, 0.05) is 18.7 Å². The van der Waals surface area contributed by atoms with Gasteiger partial charge < -0.3 is 15.4 Å². The first kappa shape index (κ1) is 22.1. The fourth-order valence-electron chi connectivity index (χ4n) is 2.52. The van der Waals surface area contributed by atoms with Crippen LogP contribution in [0.5, 0.6) is 5.75 Å². The molecule has 1 unspecified atom stereocenters. The van der Waals surface area contributed by atoms with Crippen molar-refractivity contribution in [2.45, 2.75) is 33.7 Å². The maximum Gasteiger partial charge on any atom is 0.244 e. The van der Waals surface area contributed by atoms with Crippen LogP contribution in [-0.4, -0.2) is 24.5 Å². The van der Waals surface area contributed by atoms with Crippen LogP contribution in [0.2, 0.25) is 0 Å². The lowest BCUT2D eigenvalue weighted by atomic mass is 9.87. The Balaban J connectivity index is 1.97. The van der Waals surface area contributed by atoms with Crippen LogP contribution in [0.3, 0.4) is 0 Å². The Kier molecular flexibility index (Phi) is 7.53. The molecule has 2 aromatic carbocycles. The predicted octanol–water partition coefficient (Wildman–Crippen LogP) is 4.41. The van der Waals surface area contributed by atoms with Crippen molar-refractivity contribution in [2.75, 3.05) is 11.9 Å². The van der Waals surface area contributed by atoms with E-state index >= 15 is 0 Å². The van der Waals surface area contributed by atoms with E-state index in [-0.39, 0.29) is 35.6 Å². The van der Waals surface area contributed by atoms with Gasteiger partial charge >= 0.3 is 0 Å². The van der Waals surface area contributed by atoms with Crippen molar-refractivity contribution in [1.82, 2.24) is 5.32 Å². The quantitative estimate of drug-likeness (QED) is 0.679. The third kappa shape index (κ3) is 7.41. The first-order chi connectivity index (χ1) is 13.6. The van der Waals surface area contributed by atoms with Crippen LogP contribution in [0.1, 0.15) is 33.3 Å².